The van der Waals surface area contributed by atoms with Crippen molar-refractivity contribution in [2.75, 3.05) is 13.2 Å². The number of nitrogens with zero attached hydrogens (tertiary/aromatic N) is 3. The van der Waals surface area contributed by atoms with Crippen LogP contribution in [0.15, 0.2) is 73.1 Å². The average molecular weight is 534 g/mol. The molecule has 1 aliphatic heterocycles. The van der Waals surface area contributed by atoms with Gasteiger partial charge in [0.05, 0.1) is 18.2 Å². The third-order valence-electron chi connectivity index (χ3n) is 6.34. The Morgan fingerprint density at radius 2 is 1.86 bits per heavy atom. The molecule has 0 fully saturated rings. The highest BCUT2D eigenvalue weighted by Gasteiger charge is 2.27. The van der Waals surface area contributed by atoms with E-state index >= 15 is 0 Å². The van der Waals surface area contributed by atoms with Crippen LogP contribution >= 0.6 is 11.6 Å². The van der Waals surface area contributed by atoms with Crippen molar-refractivity contribution in [1.29, 1.82) is 0 Å². The zero-order chi connectivity index (χ0) is 25.8. The van der Waals surface area contributed by atoms with Gasteiger partial charge in [-0.2, -0.15) is 0 Å². The molecular weight excluding hydrogens is 502 g/mol. The number of ether oxygens (including phenoxy) is 3. The molecule has 2 aromatic carbocycles. The molecule has 0 saturated carbocycles. The minimum atomic E-state index is -1.16. The van der Waals surface area contributed by atoms with Crippen LogP contribution < -0.4 is 9.47 Å². The summed E-state index contributed by atoms with van der Waals surface area (Å²) in [5.74, 6) is 3.32. The van der Waals surface area contributed by atoms with Crippen molar-refractivity contribution in [2.24, 2.45) is 0 Å². The van der Waals surface area contributed by atoms with Crippen LogP contribution in [-0.2, 0) is 17.9 Å². The van der Waals surface area contributed by atoms with Crippen molar-refractivity contribution in [1.82, 2.24) is 14.5 Å². The Morgan fingerprint density at radius 1 is 1.05 bits per heavy atom. The van der Waals surface area contributed by atoms with Crippen LogP contribution in [0.5, 0.6) is 17.2 Å². The average Bonchev–Trinajstić information content (AvgIpc) is 3.30. The number of rotatable bonds is 9. The first-order chi connectivity index (χ1) is 17.8. The number of imidazole rings is 1. The molecule has 0 aliphatic carbocycles. The molecule has 2 aromatic heterocycles. The molecule has 5 rings (SSSR count). The van der Waals surface area contributed by atoms with Crippen molar-refractivity contribution in [3.63, 3.8) is 0 Å². The van der Waals surface area contributed by atoms with Gasteiger partial charge in [0.25, 0.3) is 0 Å². The quantitative estimate of drug-likeness (QED) is 0.127. The Hall–Kier alpha value is -3.13. The van der Waals surface area contributed by atoms with E-state index in [0.717, 1.165) is 53.2 Å². The van der Waals surface area contributed by atoms with E-state index in [1.54, 1.807) is 18.3 Å². The van der Waals surface area contributed by atoms with Gasteiger partial charge in [-0.15, -0.1) is 0 Å². The zero-order valence-electron chi connectivity index (χ0n) is 21.5. The Kier molecular flexibility index (Phi) is 7.65. The lowest BCUT2D eigenvalue weighted by atomic mass is 9.96. The highest BCUT2D eigenvalue weighted by Crippen LogP contribution is 2.36. The highest BCUT2D eigenvalue weighted by molar-refractivity contribution is 6.76. The summed E-state index contributed by atoms with van der Waals surface area (Å²) in [4.78, 5) is 9.08. The second kappa shape index (κ2) is 11.1. The van der Waals surface area contributed by atoms with Crippen LogP contribution in [-0.4, -0.2) is 35.8 Å². The number of hydrogen-bond donors (Lipinski definition) is 0. The minimum absolute atomic E-state index is 0.0937. The number of benzene rings is 2. The normalized spacial score (nSPS) is 15.2. The fourth-order valence-corrected chi connectivity index (χ4v) is 5.25. The third-order valence-corrected chi connectivity index (χ3v) is 8.25. The second-order valence-corrected chi connectivity index (χ2v) is 16.6. The zero-order valence-corrected chi connectivity index (χ0v) is 23.2. The summed E-state index contributed by atoms with van der Waals surface area (Å²) in [5, 5.41) is 0.395. The largest absolute Gasteiger partial charge is 0.493 e. The molecule has 192 valence electrons. The molecule has 0 spiro atoms. The minimum Gasteiger partial charge on any atom is -0.493 e. The van der Waals surface area contributed by atoms with Gasteiger partial charge in [0.2, 0.25) is 0 Å². The molecule has 0 radical (unpaired) electrons. The maximum absolute atomic E-state index is 6.18. The first-order valence-corrected chi connectivity index (χ1v) is 16.7. The number of fused-ring (bicyclic) bond motifs is 1. The first-order valence-electron chi connectivity index (χ1n) is 12.6. The number of halogens is 1. The van der Waals surface area contributed by atoms with E-state index < -0.39 is 8.07 Å². The molecule has 1 atom stereocenters. The maximum Gasteiger partial charge on any atom is 0.132 e. The van der Waals surface area contributed by atoms with E-state index in [2.05, 4.69) is 47.5 Å². The van der Waals surface area contributed by atoms with Crippen molar-refractivity contribution < 1.29 is 14.2 Å². The van der Waals surface area contributed by atoms with Crippen LogP contribution in [0.1, 0.15) is 17.3 Å². The van der Waals surface area contributed by atoms with E-state index in [1.165, 1.54) is 0 Å². The summed E-state index contributed by atoms with van der Waals surface area (Å²) in [5.41, 5.74) is 3.12. The van der Waals surface area contributed by atoms with Crippen molar-refractivity contribution in [2.45, 2.75) is 44.8 Å². The summed E-state index contributed by atoms with van der Waals surface area (Å²) in [6.45, 7) is 8.90. The molecule has 3 heterocycles. The van der Waals surface area contributed by atoms with Crippen LogP contribution in [0.2, 0.25) is 30.8 Å². The smallest absolute Gasteiger partial charge is 0.132 e. The predicted octanol–water partition coefficient (Wildman–Crippen LogP) is 7.42. The number of pyridine rings is 1. The molecule has 0 saturated heterocycles. The molecular formula is C29H32ClN3O3Si. The summed E-state index contributed by atoms with van der Waals surface area (Å²) >= 11 is 6.01. The lowest BCUT2D eigenvalue weighted by Crippen LogP contribution is -2.24. The Balaban J connectivity index is 1.37. The lowest BCUT2D eigenvalue weighted by molar-refractivity contribution is 0.0830. The number of hydrogen-bond acceptors (Lipinski definition) is 5. The predicted molar refractivity (Wildman–Crippen MR) is 149 cm³/mol. The van der Waals surface area contributed by atoms with E-state index in [4.69, 9.17) is 30.8 Å². The summed E-state index contributed by atoms with van der Waals surface area (Å²) in [7, 11) is -1.16. The van der Waals surface area contributed by atoms with Crippen molar-refractivity contribution in [3.05, 3.63) is 89.6 Å². The maximum atomic E-state index is 6.18. The molecule has 1 unspecified atom stereocenters. The van der Waals surface area contributed by atoms with Gasteiger partial charge >= 0.3 is 0 Å². The van der Waals surface area contributed by atoms with Gasteiger partial charge in [-0.05, 0) is 42.3 Å². The summed E-state index contributed by atoms with van der Waals surface area (Å²) in [6, 6.07) is 20.8. The van der Waals surface area contributed by atoms with Crippen molar-refractivity contribution in [3.8, 4) is 28.5 Å². The van der Waals surface area contributed by atoms with Gasteiger partial charge in [-0.3, -0.25) is 0 Å². The molecule has 37 heavy (non-hydrogen) atoms. The third kappa shape index (κ3) is 6.60. The van der Waals surface area contributed by atoms with Gasteiger partial charge in [0.15, 0.2) is 0 Å². The van der Waals surface area contributed by atoms with E-state index in [9.17, 15) is 0 Å². The van der Waals surface area contributed by atoms with Crippen LogP contribution in [0, 0.1) is 0 Å². The van der Waals surface area contributed by atoms with Crippen LogP contribution in [0.4, 0.5) is 0 Å². The van der Waals surface area contributed by atoms with Gasteiger partial charge in [-0.1, -0.05) is 61.6 Å². The summed E-state index contributed by atoms with van der Waals surface area (Å²) in [6.07, 6.45) is 4.52. The van der Waals surface area contributed by atoms with E-state index in [-0.39, 0.29) is 5.92 Å². The fraction of sp³-hybridized carbons (Fsp3) is 0.310. The molecule has 0 N–H and O–H groups in total. The standard InChI is InChI=1S/C29H32ClN3O3Si/c1-37(2,3)14-13-34-20-33-18-26(21-7-5-4-6-8-21)32-29(33)23-15-22-16-24(9-10-27(22)35-19-23)36-25-11-12-31-28(30)17-25/h4-12,16-18,23H,13-15,19-20H2,1-3H3. The van der Waals surface area contributed by atoms with E-state index in [1.807, 2.05) is 36.4 Å². The highest BCUT2D eigenvalue weighted by atomic mass is 35.5. The van der Waals surface area contributed by atoms with E-state index in [0.29, 0.717) is 24.2 Å². The van der Waals surface area contributed by atoms with Gasteiger partial charge in [-0.25, -0.2) is 9.97 Å². The Bertz CT molecular complexity index is 1350. The molecule has 1 aliphatic rings. The van der Waals surface area contributed by atoms with Crippen LogP contribution in [0.3, 0.4) is 0 Å². The molecule has 0 bridgehead atoms. The SMILES string of the molecule is C[Si](C)(C)CCOCn1cc(-c2ccccc2)nc1C1COc2ccc(Oc3ccnc(Cl)c3)cc2C1. The molecule has 4 aromatic rings. The number of aromatic nitrogens is 3. The first kappa shape index (κ1) is 25.5. The van der Waals surface area contributed by atoms with Crippen molar-refractivity contribution >= 4 is 19.7 Å². The molecule has 8 heteroatoms. The topological polar surface area (TPSA) is 58.4 Å². The molecule has 0 amide bonds. The fourth-order valence-electron chi connectivity index (χ4n) is 4.33. The van der Waals surface area contributed by atoms with Gasteiger partial charge in [0.1, 0.15) is 35.0 Å². The monoisotopic (exact) mass is 533 g/mol. The molecule has 6 nitrogen and oxygen atoms in total. The Morgan fingerprint density at radius 3 is 2.65 bits per heavy atom. The second-order valence-electron chi connectivity index (χ2n) is 10.6. The summed E-state index contributed by atoms with van der Waals surface area (Å²) < 4.78 is 20.5. The van der Waals surface area contributed by atoms with Gasteiger partial charge in [0, 0.05) is 38.7 Å². The van der Waals surface area contributed by atoms with Crippen LogP contribution in [0.25, 0.3) is 11.3 Å². The lowest BCUT2D eigenvalue weighted by Gasteiger charge is -2.26. The van der Waals surface area contributed by atoms with Gasteiger partial charge < -0.3 is 18.8 Å². The Labute approximate surface area is 224 Å².